The summed E-state index contributed by atoms with van der Waals surface area (Å²) in [6.07, 6.45) is -0.360. The Hall–Kier alpha value is -4.40. The van der Waals surface area contributed by atoms with Crippen molar-refractivity contribution in [2.45, 2.75) is 18.1 Å². The molecule has 2 aliphatic heterocycles. The summed E-state index contributed by atoms with van der Waals surface area (Å²) in [4.78, 5) is 29.0. The van der Waals surface area contributed by atoms with Crippen molar-refractivity contribution < 1.29 is 33.3 Å². The molecule has 0 aliphatic carbocycles. The van der Waals surface area contributed by atoms with Gasteiger partial charge in [-0.15, -0.1) is 0 Å². The van der Waals surface area contributed by atoms with Crippen LogP contribution in [0.25, 0.3) is 0 Å². The molecule has 0 saturated carbocycles. The molecule has 3 aromatic carbocycles. The molecule has 0 fully saturated rings. The lowest BCUT2D eigenvalue weighted by atomic mass is 9.79. The quantitative estimate of drug-likeness (QED) is 0.511. The van der Waals surface area contributed by atoms with Gasteiger partial charge in [0, 0.05) is 12.6 Å². The number of para-hydroxylation sites is 2. The molecule has 2 amide bonds. The molecule has 0 bridgehead atoms. The largest absolute Gasteiger partial charge is 0.497 e. The first kappa shape index (κ1) is 25.3. The van der Waals surface area contributed by atoms with Gasteiger partial charge in [-0.2, -0.15) is 0 Å². The van der Waals surface area contributed by atoms with Gasteiger partial charge in [0.2, 0.25) is 5.91 Å². The van der Waals surface area contributed by atoms with E-state index in [1.807, 2.05) is 48.5 Å². The molecule has 1 N–H and O–H groups in total. The Morgan fingerprint density at radius 1 is 0.974 bits per heavy atom. The number of ether oxygens (including phenoxy) is 5. The topological polar surface area (TPSA) is 95.6 Å². The number of rotatable bonds is 7. The predicted octanol–water partition coefficient (Wildman–Crippen LogP) is 3.58. The highest BCUT2D eigenvalue weighted by Crippen LogP contribution is 2.45. The summed E-state index contributed by atoms with van der Waals surface area (Å²) >= 11 is 0. The molecule has 198 valence electrons. The Morgan fingerprint density at radius 3 is 2.34 bits per heavy atom. The van der Waals surface area contributed by atoms with E-state index < -0.39 is 12.0 Å². The standard InChI is InChI=1S/C29H30N2O7/c1-31-27(17-9-11-18(34-2)12-10-17)26(20-13-24(35-3)25(36-4)14-21(20)29(31)33)28(32)30-15-19-16-37-22-7-5-6-8-23(22)38-19/h5-14,19,26-27H,15-16H2,1-4H3,(H,30,32)/t19-,26-,27+/m1/s1. The first-order valence-electron chi connectivity index (χ1n) is 12.3. The fraction of sp³-hybridized carbons (Fsp3) is 0.310. The molecule has 2 heterocycles. The van der Waals surface area contributed by atoms with Crippen LogP contribution in [0.2, 0.25) is 0 Å². The van der Waals surface area contributed by atoms with E-state index in [0.717, 1.165) is 5.56 Å². The van der Waals surface area contributed by atoms with E-state index in [9.17, 15) is 9.59 Å². The smallest absolute Gasteiger partial charge is 0.254 e. The zero-order valence-electron chi connectivity index (χ0n) is 21.7. The molecule has 0 saturated heterocycles. The highest BCUT2D eigenvalue weighted by atomic mass is 16.6. The van der Waals surface area contributed by atoms with Gasteiger partial charge in [0.1, 0.15) is 18.5 Å². The van der Waals surface area contributed by atoms with Gasteiger partial charge in [0.15, 0.2) is 23.0 Å². The molecule has 0 unspecified atom stereocenters. The number of methoxy groups -OCH3 is 3. The van der Waals surface area contributed by atoms with E-state index in [1.54, 1.807) is 31.2 Å². The van der Waals surface area contributed by atoms with E-state index >= 15 is 0 Å². The number of nitrogens with one attached hydrogen (secondary N) is 1. The maximum absolute atomic E-state index is 13.9. The van der Waals surface area contributed by atoms with Crippen LogP contribution in [0.3, 0.4) is 0 Å². The minimum atomic E-state index is -0.724. The van der Waals surface area contributed by atoms with Crippen molar-refractivity contribution in [3.8, 4) is 28.7 Å². The number of carbonyl (C=O) groups excluding carboxylic acids is 2. The summed E-state index contributed by atoms with van der Waals surface area (Å²) in [5.74, 6) is 1.67. The summed E-state index contributed by atoms with van der Waals surface area (Å²) in [5, 5.41) is 3.04. The lowest BCUT2D eigenvalue weighted by Gasteiger charge is -2.40. The minimum Gasteiger partial charge on any atom is -0.497 e. The molecule has 2 aliphatic rings. The van der Waals surface area contributed by atoms with Gasteiger partial charge in [-0.1, -0.05) is 24.3 Å². The predicted molar refractivity (Wildman–Crippen MR) is 139 cm³/mol. The third-order valence-electron chi connectivity index (χ3n) is 6.99. The van der Waals surface area contributed by atoms with E-state index in [-0.39, 0.29) is 24.5 Å². The van der Waals surface area contributed by atoms with Crippen LogP contribution in [0.15, 0.2) is 60.7 Å². The second kappa shape index (κ2) is 10.5. The first-order chi connectivity index (χ1) is 18.4. The first-order valence-corrected chi connectivity index (χ1v) is 12.3. The highest BCUT2D eigenvalue weighted by Gasteiger charge is 2.43. The fourth-order valence-electron chi connectivity index (χ4n) is 5.04. The van der Waals surface area contributed by atoms with Gasteiger partial charge in [-0.05, 0) is 47.5 Å². The number of hydrogen-bond acceptors (Lipinski definition) is 7. The van der Waals surface area contributed by atoms with Crippen molar-refractivity contribution in [1.82, 2.24) is 10.2 Å². The van der Waals surface area contributed by atoms with Crippen LogP contribution in [0.1, 0.15) is 33.4 Å². The SMILES string of the molecule is COc1ccc([C@H]2[C@H](C(=O)NC[C@@H]3COc4ccccc4O3)c3cc(OC)c(OC)cc3C(=O)N2C)cc1. The number of amides is 2. The van der Waals surface area contributed by atoms with Gasteiger partial charge in [0.05, 0.1) is 39.8 Å². The number of fused-ring (bicyclic) bond motifs is 2. The van der Waals surface area contributed by atoms with Crippen LogP contribution in [0, 0.1) is 0 Å². The van der Waals surface area contributed by atoms with Gasteiger partial charge < -0.3 is 33.9 Å². The zero-order valence-corrected chi connectivity index (χ0v) is 21.7. The van der Waals surface area contributed by atoms with Crippen molar-refractivity contribution in [2.75, 3.05) is 41.5 Å². The van der Waals surface area contributed by atoms with E-state index in [2.05, 4.69) is 5.32 Å². The lowest BCUT2D eigenvalue weighted by Crippen LogP contribution is -2.48. The van der Waals surface area contributed by atoms with Crippen LogP contribution >= 0.6 is 0 Å². The molecule has 9 nitrogen and oxygen atoms in total. The average Bonchev–Trinajstić information content (AvgIpc) is 2.96. The van der Waals surface area contributed by atoms with Crippen LogP contribution in [0.5, 0.6) is 28.7 Å². The zero-order chi connectivity index (χ0) is 26.8. The molecule has 38 heavy (non-hydrogen) atoms. The Morgan fingerprint density at radius 2 is 1.66 bits per heavy atom. The molecule has 0 spiro atoms. The van der Waals surface area contributed by atoms with Gasteiger partial charge in [-0.3, -0.25) is 9.59 Å². The van der Waals surface area contributed by atoms with E-state index in [1.165, 1.54) is 14.2 Å². The monoisotopic (exact) mass is 518 g/mol. The van der Waals surface area contributed by atoms with Crippen LogP contribution in [-0.4, -0.2) is 64.3 Å². The van der Waals surface area contributed by atoms with Gasteiger partial charge >= 0.3 is 0 Å². The van der Waals surface area contributed by atoms with Crippen molar-refractivity contribution in [3.63, 3.8) is 0 Å². The number of likely N-dealkylation sites (N-methyl/N-ethyl adjacent to an activating group) is 1. The normalized spacial score (nSPS) is 19.8. The van der Waals surface area contributed by atoms with Crippen LogP contribution in [-0.2, 0) is 4.79 Å². The molecule has 5 rings (SSSR count). The summed E-state index contributed by atoms with van der Waals surface area (Å²) in [6, 6.07) is 17.6. The third-order valence-corrected chi connectivity index (χ3v) is 6.99. The Balaban J connectivity index is 1.49. The maximum atomic E-state index is 13.9. The summed E-state index contributed by atoms with van der Waals surface area (Å²) in [6.45, 7) is 0.545. The van der Waals surface area contributed by atoms with E-state index in [0.29, 0.717) is 46.5 Å². The fourth-order valence-corrected chi connectivity index (χ4v) is 5.04. The van der Waals surface area contributed by atoms with Crippen molar-refractivity contribution in [1.29, 1.82) is 0 Å². The highest BCUT2D eigenvalue weighted by molar-refractivity contribution is 6.02. The van der Waals surface area contributed by atoms with Crippen molar-refractivity contribution in [2.24, 2.45) is 0 Å². The second-order valence-electron chi connectivity index (χ2n) is 9.15. The van der Waals surface area contributed by atoms with Crippen LogP contribution in [0.4, 0.5) is 0 Å². The Kier molecular flexibility index (Phi) is 7.00. The minimum absolute atomic E-state index is 0.216. The molecular weight excluding hydrogens is 488 g/mol. The third kappa shape index (κ3) is 4.55. The number of benzene rings is 3. The lowest BCUT2D eigenvalue weighted by molar-refractivity contribution is -0.124. The van der Waals surface area contributed by atoms with Crippen LogP contribution < -0.4 is 29.0 Å². The van der Waals surface area contributed by atoms with E-state index in [4.69, 9.17) is 23.7 Å². The molecule has 9 heteroatoms. The molecular formula is C29H30N2O7. The van der Waals surface area contributed by atoms with Crippen molar-refractivity contribution in [3.05, 3.63) is 77.4 Å². The van der Waals surface area contributed by atoms with Crippen molar-refractivity contribution >= 4 is 11.8 Å². The molecule has 0 radical (unpaired) electrons. The number of hydrogen-bond donors (Lipinski definition) is 1. The number of nitrogens with zero attached hydrogens (tertiary/aromatic N) is 1. The maximum Gasteiger partial charge on any atom is 0.254 e. The Bertz CT molecular complexity index is 1340. The number of carbonyl (C=O) groups is 2. The molecule has 3 atom stereocenters. The Labute approximate surface area is 221 Å². The average molecular weight is 519 g/mol. The summed E-state index contributed by atoms with van der Waals surface area (Å²) in [5.41, 5.74) is 1.75. The van der Waals surface area contributed by atoms with Gasteiger partial charge in [-0.25, -0.2) is 0 Å². The second-order valence-corrected chi connectivity index (χ2v) is 9.15. The summed E-state index contributed by atoms with van der Waals surface area (Å²) in [7, 11) is 6.32. The molecule has 3 aromatic rings. The molecule has 0 aromatic heterocycles. The van der Waals surface area contributed by atoms with Gasteiger partial charge in [0.25, 0.3) is 5.91 Å². The summed E-state index contributed by atoms with van der Waals surface area (Å²) < 4.78 is 28.1.